The van der Waals surface area contributed by atoms with E-state index in [1.165, 1.54) is 10.9 Å². The van der Waals surface area contributed by atoms with Crippen molar-refractivity contribution in [2.24, 2.45) is 7.05 Å². The first kappa shape index (κ1) is 19.0. The Morgan fingerprint density at radius 3 is 2.29 bits per heavy atom. The summed E-state index contributed by atoms with van der Waals surface area (Å²) in [5.74, 6) is -1.17. The van der Waals surface area contributed by atoms with E-state index in [0.717, 1.165) is 0 Å². The zero-order chi connectivity index (χ0) is 20.1. The number of ketones is 1. The van der Waals surface area contributed by atoms with Crippen molar-refractivity contribution in [1.29, 1.82) is 0 Å². The molecule has 0 unspecified atom stereocenters. The summed E-state index contributed by atoms with van der Waals surface area (Å²) in [7, 11) is 1.60. The van der Waals surface area contributed by atoms with Gasteiger partial charge in [0.25, 0.3) is 5.91 Å². The van der Waals surface area contributed by atoms with E-state index >= 15 is 0 Å². The summed E-state index contributed by atoms with van der Waals surface area (Å²) >= 11 is 0. The van der Waals surface area contributed by atoms with Crippen LogP contribution in [0.5, 0.6) is 0 Å². The van der Waals surface area contributed by atoms with E-state index in [1.54, 1.807) is 62.5 Å². The zero-order valence-corrected chi connectivity index (χ0v) is 15.5. The second-order valence-electron chi connectivity index (χ2n) is 5.95. The van der Waals surface area contributed by atoms with Gasteiger partial charge in [-0.25, -0.2) is 4.79 Å². The normalized spacial score (nSPS) is 10.4. The minimum Gasteiger partial charge on any atom is -0.462 e. The number of carbonyl (C=O) groups is 3. The van der Waals surface area contributed by atoms with Gasteiger partial charge in [-0.15, -0.1) is 0 Å². The van der Waals surface area contributed by atoms with Crippen molar-refractivity contribution in [2.75, 3.05) is 11.9 Å². The maximum atomic E-state index is 12.9. The molecule has 7 heteroatoms. The van der Waals surface area contributed by atoms with E-state index in [2.05, 4.69) is 10.4 Å². The number of esters is 1. The number of aromatic nitrogens is 2. The van der Waals surface area contributed by atoms with E-state index in [4.69, 9.17) is 4.74 Å². The van der Waals surface area contributed by atoms with Gasteiger partial charge in [-0.3, -0.25) is 14.3 Å². The molecule has 0 radical (unpaired) electrons. The van der Waals surface area contributed by atoms with Crippen molar-refractivity contribution in [3.63, 3.8) is 0 Å². The van der Waals surface area contributed by atoms with Crippen LogP contribution in [0.2, 0.25) is 0 Å². The highest BCUT2D eigenvalue weighted by Crippen LogP contribution is 2.19. The van der Waals surface area contributed by atoms with Crippen molar-refractivity contribution >= 4 is 23.5 Å². The minimum absolute atomic E-state index is 0.143. The molecule has 0 saturated carbocycles. The van der Waals surface area contributed by atoms with Crippen molar-refractivity contribution in [3.05, 3.63) is 83.0 Å². The molecule has 0 atom stereocenters. The number of amides is 1. The Kier molecular flexibility index (Phi) is 5.64. The highest BCUT2D eigenvalue weighted by molar-refractivity contribution is 6.18. The lowest BCUT2D eigenvalue weighted by Gasteiger charge is -2.11. The van der Waals surface area contributed by atoms with Crippen molar-refractivity contribution < 1.29 is 19.1 Å². The first-order valence-corrected chi connectivity index (χ1v) is 8.72. The molecular weight excluding hydrogens is 358 g/mol. The molecular formula is C21H19N3O4. The van der Waals surface area contributed by atoms with Crippen LogP contribution in [0.3, 0.4) is 0 Å². The SMILES string of the molecule is CCOC(=O)c1cnn(C)c1NC(=O)c1ccccc1C(=O)c1ccccc1. The number of rotatable bonds is 6. The summed E-state index contributed by atoms with van der Waals surface area (Å²) in [6.07, 6.45) is 1.33. The molecule has 142 valence electrons. The smallest absolute Gasteiger partial charge is 0.343 e. The average Bonchev–Trinajstić information content (AvgIpc) is 3.08. The summed E-state index contributed by atoms with van der Waals surface area (Å²) in [6.45, 7) is 1.90. The van der Waals surface area contributed by atoms with Crippen LogP contribution in [0, 0.1) is 0 Å². The Hall–Kier alpha value is -3.74. The predicted molar refractivity (Wildman–Crippen MR) is 103 cm³/mol. The number of hydrogen-bond acceptors (Lipinski definition) is 5. The number of aryl methyl sites for hydroxylation is 1. The van der Waals surface area contributed by atoms with Crippen LogP contribution in [0.4, 0.5) is 5.82 Å². The third kappa shape index (κ3) is 3.83. The highest BCUT2D eigenvalue weighted by Gasteiger charge is 2.22. The fourth-order valence-corrected chi connectivity index (χ4v) is 2.74. The molecule has 0 spiro atoms. The number of hydrogen-bond donors (Lipinski definition) is 1. The van der Waals surface area contributed by atoms with Crippen LogP contribution >= 0.6 is 0 Å². The first-order chi connectivity index (χ1) is 13.5. The van der Waals surface area contributed by atoms with Crippen LogP contribution in [0.25, 0.3) is 0 Å². The molecule has 2 aromatic carbocycles. The second-order valence-corrected chi connectivity index (χ2v) is 5.95. The van der Waals surface area contributed by atoms with Crippen LogP contribution in [0.1, 0.15) is 43.6 Å². The van der Waals surface area contributed by atoms with Gasteiger partial charge in [0.05, 0.1) is 18.4 Å². The quantitative estimate of drug-likeness (QED) is 0.527. The molecule has 28 heavy (non-hydrogen) atoms. The maximum absolute atomic E-state index is 12.9. The summed E-state index contributed by atoms with van der Waals surface area (Å²) in [5, 5.41) is 6.68. The fraction of sp³-hybridized carbons (Fsp3) is 0.143. The van der Waals surface area contributed by atoms with Gasteiger partial charge in [-0.1, -0.05) is 48.5 Å². The van der Waals surface area contributed by atoms with Gasteiger partial charge in [0.2, 0.25) is 0 Å². The topological polar surface area (TPSA) is 90.3 Å². The molecule has 0 fully saturated rings. The van der Waals surface area contributed by atoms with Gasteiger partial charge in [0.1, 0.15) is 11.4 Å². The van der Waals surface area contributed by atoms with Gasteiger partial charge < -0.3 is 10.1 Å². The van der Waals surface area contributed by atoms with Gasteiger partial charge >= 0.3 is 5.97 Å². The van der Waals surface area contributed by atoms with Crippen LogP contribution < -0.4 is 5.32 Å². The lowest BCUT2D eigenvalue weighted by atomic mass is 9.98. The van der Waals surface area contributed by atoms with Crippen LogP contribution in [-0.2, 0) is 11.8 Å². The fourth-order valence-electron chi connectivity index (χ4n) is 2.74. The van der Waals surface area contributed by atoms with Crippen molar-refractivity contribution in [1.82, 2.24) is 9.78 Å². The third-order valence-corrected chi connectivity index (χ3v) is 4.12. The Morgan fingerprint density at radius 1 is 0.964 bits per heavy atom. The Morgan fingerprint density at radius 2 is 1.61 bits per heavy atom. The molecule has 0 aliphatic rings. The summed E-state index contributed by atoms with van der Waals surface area (Å²) in [5.41, 5.74) is 1.10. The van der Waals surface area contributed by atoms with E-state index in [1.807, 2.05) is 6.07 Å². The highest BCUT2D eigenvalue weighted by atomic mass is 16.5. The maximum Gasteiger partial charge on any atom is 0.343 e. The van der Waals surface area contributed by atoms with Crippen LogP contribution in [0.15, 0.2) is 60.8 Å². The number of nitrogens with zero attached hydrogens (tertiary/aromatic N) is 2. The second kappa shape index (κ2) is 8.30. The van der Waals surface area contributed by atoms with Crippen molar-refractivity contribution in [2.45, 2.75) is 6.92 Å². The molecule has 0 saturated heterocycles. The molecule has 1 amide bonds. The molecule has 0 bridgehead atoms. The molecule has 1 heterocycles. The molecule has 1 aromatic heterocycles. The lowest BCUT2D eigenvalue weighted by molar-refractivity contribution is 0.0527. The largest absolute Gasteiger partial charge is 0.462 e. The molecule has 3 aromatic rings. The summed E-state index contributed by atoms with van der Waals surface area (Å²) in [6, 6.07) is 15.2. The first-order valence-electron chi connectivity index (χ1n) is 8.72. The number of anilines is 1. The van der Waals surface area contributed by atoms with Gasteiger partial charge in [0, 0.05) is 18.2 Å². The third-order valence-electron chi connectivity index (χ3n) is 4.12. The summed E-state index contributed by atoms with van der Waals surface area (Å²) < 4.78 is 6.36. The summed E-state index contributed by atoms with van der Waals surface area (Å²) in [4.78, 5) is 37.8. The number of benzene rings is 2. The molecule has 0 aliphatic carbocycles. The Bertz CT molecular complexity index is 1030. The number of nitrogens with one attached hydrogen (secondary N) is 1. The molecule has 0 aliphatic heterocycles. The number of carbonyl (C=O) groups excluding carboxylic acids is 3. The zero-order valence-electron chi connectivity index (χ0n) is 15.5. The molecule has 7 nitrogen and oxygen atoms in total. The van der Waals surface area contributed by atoms with E-state index in [-0.39, 0.29) is 34.9 Å². The minimum atomic E-state index is -0.584. The van der Waals surface area contributed by atoms with Crippen molar-refractivity contribution in [3.8, 4) is 0 Å². The van der Waals surface area contributed by atoms with E-state index in [0.29, 0.717) is 5.56 Å². The predicted octanol–water partition coefficient (Wildman–Crippen LogP) is 3.08. The number of ether oxygens (including phenoxy) is 1. The molecule has 3 rings (SSSR count). The van der Waals surface area contributed by atoms with E-state index < -0.39 is 11.9 Å². The van der Waals surface area contributed by atoms with E-state index in [9.17, 15) is 14.4 Å². The Labute approximate surface area is 161 Å². The Balaban J connectivity index is 1.92. The monoisotopic (exact) mass is 377 g/mol. The van der Waals surface area contributed by atoms with Gasteiger partial charge in [-0.2, -0.15) is 5.10 Å². The molecule has 1 N–H and O–H groups in total. The van der Waals surface area contributed by atoms with Crippen LogP contribution in [-0.4, -0.2) is 34.0 Å². The van der Waals surface area contributed by atoms with Gasteiger partial charge in [-0.05, 0) is 13.0 Å². The average molecular weight is 377 g/mol. The standard InChI is InChI=1S/C21H19N3O4/c1-3-28-21(27)17-13-22-24(2)19(17)23-20(26)16-12-8-7-11-15(16)18(25)14-9-5-4-6-10-14/h4-13H,3H2,1-2H3,(H,23,26). The van der Waals surface area contributed by atoms with Gasteiger partial charge in [0.15, 0.2) is 5.78 Å². The lowest BCUT2D eigenvalue weighted by Crippen LogP contribution is -2.20.